The molecule has 0 saturated carbocycles. The number of nitrogen functional groups attached to an aromatic ring is 1. The largest absolute Gasteiger partial charge is 0.504 e. The number of halogens is 1. The van der Waals surface area contributed by atoms with Crippen molar-refractivity contribution < 1.29 is 48.0 Å². The second-order valence-electron chi connectivity index (χ2n) is 16.5. The number of amides is 4. The van der Waals surface area contributed by atoms with Crippen LogP contribution in [0.2, 0.25) is 0 Å². The van der Waals surface area contributed by atoms with Crippen LogP contribution >= 0.6 is 0 Å². The van der Waals surface area contributed by atoms with Crippen LogP contribution in [0.25, 0.3) is 22.5 Å². The molecule has 342 valence electrons. The molecule has 1 aromatic heterocycles. The first kappa shape index (κ1) is 48.2. The van der Waals surface area contributed by atoms with E-state index in [2.05, 4.69) is 25.9 Å². The van der Waals surface area contributed by atoms with Gasteiger partial charge in [-0.2, -0.15) is 0 Å². The van der Waals surface area contributed by atoms with E-state index in [-0.39, 0.29) is 94.0 Å². The molecule has 0 radical (unpaired) electrons. The minimum atomic E-state index is -1.55. The number of aliphatic carboxylic acids is 1. The molecule has 19 heteroatoms. The number of likely N-dealkylation sites (N-methyl/N-ethyl adjacent to an activating group) is 1. The van der Waals surface area contributed by atoms with Crippen molar-refractivity contribution in [3.8, 4) is 39.8 Å². The minimum absolute atomic E-state index is 0.0397. The maximum absolute atomic E-state index is 15.3. The van der Waals surface area contributed by atoms with Crippen LogP contribution in [-0.4, -0.2) is 107 Å². The van der Waals surface area contributed by atoms with E-state index in [0.717, 1.165) is 10.5 Å². The number of aryl methyl sites for hydroxylation is 1. The molecule has 0 fully saturated rings. The van der Waals surface area contributed by atoms with E-state index in [0.29, 0.717) is 24.9 Å². The third-order valence-corrected chi connectivity index (χ3v) is 10.6. The van der Waals surface area contributed by atoms with Gasteiger partial charge in [0.05, 0.1) is 31.0 Å². The van der Waals surface area contributed by atoms with E-state index in [1.165, 1.54) is 39.1 Å². The summed E-state index contributed by atoms with van der Waals surface area (Å²) in [6.07, 6.45) is 0.704. The molecule has 3 atom stereocenters. The standard InChI is InChI=1S/C45H56FN9O9/c1-23-36(39(49)54-40(51-23)28-11-10-27(21-31(28)46)45(3,4)5)42(59)50-22-35(56)55(6)37-26-19-30(38(57)34(20-26)64-16-8-14-48)29-17-25(9-12-33(29)63-15-7-13-47)18-32(44(61)62)53-41(58)24(2)52-43(37)60/h9-12,17,19-21,24,32,37,57H,7-8,13-16,18,22,47-48H2,1-6H3,(H,50,59)(H,52,60)(H,53,58)(H,61,62)(H2,49,51,54)/t24-,32-,37-/m0/s1. The van der Waals surface area contributed by atoms with Crippen LogP contribution < -0.4 is 42.6 Å². The number of nitrogens with zero attached hydrogens (tertiary/aromatic N) is 3. The molecule has 5 rings (SSSR count). The summed E-state index contributed by atoms with van der Waals surface area (Å²) < 4.78 is 27.3. The number of carbonyl (C=O) groups excluding carboxylic acids is 4. The SMILES string of the molecule is Cc1nc(-c2ccc(C(C)(C)C)cc2F)nc(N)c1C(=O)NCC(=O)N(C)[C@@H]1C(=O)N[C@@H](C)C(=O)N[C@H](C(=O)O)Cc2ccc(OCCCN)c(c2)-c2cc1cc(OCCCN)c2O. The molecular formula is C45H56FN9O9. The van der Waals surface area contributed by atoms with Gasteiger partial charge in [-0.15, -0.1) is 0 Å². The Balaban J connectivity index is 1.54. The van der Waals surface area contributed by atoms with Gasteiger partial charge in [-0.1, -0.05) is 32.9 Å². The minimum Gasteiger partial charge on any atom is -0.504 e. The highest BCUT2D eigenvalue weighted by atomic mass is 19.1. The lowest BCUT2D eigenvalue weighted by Crippen LogP contribution is -2.53. The molecule has 2 heterocycles. The zero-order chi connectivity index (χ0) is 47.0. The number of anilines is 1. The van der Waals surface area contributed by atoms with Crippen molar-refractivity contribution >= 4 is 35.4 Å². The van der Waals surface area contributed by atoms with Crippen molar-refractivity contribution in [1.82, 2.24) is 30.8 Å². The number of phenols is 1. The lowest BCUT2D eigenvalue weighted by atomic mass is 9.86. The first-order valence-corrected chi connectivity index (χ1v) is 20.7. The van der Waals surface area contributed by atoms with E-state index < -0.39 is 60.1 Å². The molecular weight excluding hydrogens is 830 g/mol. The van der Waals surface area contributed by atoms with Crippen molar-refractivity contribution in [1.29, 1.82) is 0 Å². The van der Waals surface area contributed by atoms with Crippen LogP contribution in [-0.2, 0) is 31.0 Å². The number of carboxylic acids is 1. The van der Waals surface area contributed by atoms with E-state index in [1.54, 1.807) is 30.3 Å². The quantitative estimate of drug-likeness (QED) is 0.0846. The van der Waals surface area contributed by atoms with Gasteiger partial charge < -0.3 is 57.7 Å². The smallest absolute Gasteiger partial charge is 0.326 e. The summed E-state index contributed by atoms with van der Waals surface area (Å²) in [5.74, 6) is -5.68. The Hall–Kier alpha value is -6.86. The number of aromatic hydroxyl groups is 1. The molecule has 0 spiro atoms. The van der Waals surface area contributed by atoms with Gasteiger partial charge >= 0.3 is 5.97 Å². The second kappa shape index (κ2) is 20.5. The number of hydrogen-bond donors (Lipinski definition) is 8. The molecule has 3 aromatic carbocycles. The van der Waals surface area contributed by atoms with Gasteiger partial charge in [0.1, 0.15) is 41.1 Å². The summed E-state index contributed by atoms with van der Waals surface area (Å²) in [6, 6.07) is 8.07. The van der Waals surface area contributed by atoms with Gasteiger partial charge in [-0.25, -0.2) is 19.2 Å². The first-order valence-electron chi connectivity index (χ1n) is 20.7. The molecule has 1 aliphatic heterocycles. The summed E-state index contributed by atoms with van der Waals surface area (Å²) >= 11 is 0. The molecule has 0 unspecified atom stereocenters. The van der Waals surface area contributed by atoms with Crippen molar-refractivity contribution in [3.63, 3.8) is 0 Å². The molecule has 0 saturated heterocycles. The maximum atomic E-state index is 15.3. The fourth-order valence-electron chi connectivity index (χ4n) is 6.99. The maximum Gasteiger partial charge on any atom is 0.326 e. The number of carbonyl (C=O) groups is 5. The predicted octanol–water partition coefficient (Wildman–Crippen LogP) is 2.86. The van der Waals surface area contributed by atoms with Crippen LogP contribution in [0.4, 0.5) is 10.2 Å². The lowest BCUT2D eigenvalue weighted by Gasteiger charge is -2.30. The summed E-state index contributed by atoms with van der Waals surface area (Å²) in [4.78, 5) is 77.4. The van der Waals surface area contributed by atoms with Gasteiger partial charge in [0.15, 0.2) is 17.3 Å². The van der Waals surface area contributed by atoms with Gasteiger partial charge in [-0.05, 0) is 98.3 Å². The molecule has 0 aliphatic carbocycles. The number of benzene rings is 3. The number of hydrogen-bond acceptors (Lipinski definition) is 13. The Morgan fingerprint density at radius 3 is 2.20 bits per heavy atom. The number of aromatic nitrogens is 2. The second-order valence-corrected chi connectivity index (χ2v) is 16.5. The van der Waals surface area contributed by atoms with Crippen LogP contribution in [0.5, 0.6) is 17.2 Å². The fourth-order valence-corrected chi connectivity index (χ4v) is 6.99. The van der Waals surface area contributed by atoms with Crippen molar-refractivity contribution in [2.75, 3.05) is 45.6 Å². The number of ether oxygens (including phenoxy) is 2. The Morgan fingerprint density at radius 2 is 1.59 bits per heavy atom. The lowest BCUT2D eigenvalue weighted by molar-refractivity contribution is -0.142. The molecule has 1 aliphatic rings. The predicted molar refractivity (Wildman–Crippen MR) is 236 cm³/mol. The Bertz CT molecular complexity index is 2400. The summed E-state index contributed by atoms with van der Waals surface area (Å²) in [5.41, 5.74) is 19.1. The highest BCUT2D eigenvalue weighted by molar-refractivity contribution is 6.02. The highest BCUT2D eigenvalue weighted by Gasteiger charge is 2.35. The molecule has 18 nitrogen and oxygen atoms in total. The van der Waals surface area contributed by atoms with Crippen LogP contribution in [0.1, 0.15) is 79.3 Å². The van der Waals surface area contributed by atoms with Crippen LogP contribution in [0, 0.1) is 12.7 Å². The van der Waals surface area contributed by atoms with Crippen molar-refractivity contribution in [2.24, 2.45) is 11.5 Å². The highest BCUT2D eigenvalue weighted by Crippen LogP contribution is 2.45. The normalized spacial score (nSPS) is 16.5. The molecule has 11 N–H and O–H groups in total. The van der Waals surface area contributed by atoms with Gasteiger partial charge in [0, 0.05) is 24.6 Å². The molecule has 4 aromatic rings. The Labute approximate surface area is 370 Å². The summed E-state index contributed by atoms with van der Waals surface area (Å²) in [5, 5.41) is 29.4. The van der Waals surface area contributed by atoms with Crippen LogP contribution in [0.3, 0.4) is 0 Å². The number of nitrogens with two attached hydrogens (primary N) is 3. The zero-order valence-corrected chi connectivity index (χ0v) is 36.7. The average Bonchev–Trinajstić information content (AvgIpc) is 3.22. The van der Waals surface area contributed by atoms with E-state index in [9.17, 15) is 34.2 Å². The fraction of sp³-hybridized carbons (Fsp3) is 0.400. The van der Waals surface area contributed by atoms with Crippen molar-refractivity contribution in [3.05, 3.63) is 82.3 Å². The van der Waals surface area contributed by atoms with Crippen molar-refractivity contribution in [2.45, 2.75) is 77.4 Å². The van der Waals surface area contributed by atoms with Crippen LogP contribution in [0.15, 0.2) is 48.5 Å². The third-order valence-electron chi connectivity index (χ3n) is 10.6. The summed E-state index contributed by atoms with van der Waals surface area (Å²) in [7, 11) is 1.30. The van der Waals surface area contributed by atoms with E-state index in [4.69, 9.17) is 26.7 Å². The number of rotatable bonds is 14. The number of phenolic OH excluding ortho intramolecular Hbond substituents is 1. The topological polar surface area (TPSA) is 287 Å². The van der Waals surface area contributed by atoms with Gasteiger partial charge in [0.2, 0.25) is 17.7 Å². The molecule has 64 heavy (non-hydrogen) atoms. The van der Waals surface area contributed by atoms with Gasteiger partial charge in [-0.3, -0.25) is 19.2 Å². The van der Waals surface area contributed by atoms with Gasteiger partial charge in [0.25, 0.3) is 5.91 Å². The van der Waals surface area contributed by atoms with E-state index >= 15 is 4.39 Å². The number of nitrogens with one attached hydrogen (secondary N) is 3. The molecule has 4 amide bonds. The average molecular weight is 886 g/mol. The Morgan fingerprint density at radius 1 is 0.922 bits per heavy atom. The number of fused-ring (bicyclic) bond motifs is 5. The number of carboxylic acid groups (broad SMARTS) is 1. The third kappa shape index (κ3) is 11.2. The molecule has 4 bridgehead atoms. The summed E-state index contributed by atoms with van der Waals surface area (Å²) in [6.45, 7) is 8.84. The first-order chi connectivity index (χ1) is 30.2. The Kier molecular flexibility index (Phi) is 15.5. The zero-order valence-electron chi connectivity index (χ0n) is 36.7. The monoisotopic (exact) mass is 885 g/mol. The van der Waals surface area contributed by atoms with E-state index in [1.807, 2.05) is 20.8 Å².